The van der Waals surface area contributed by atoms with Gasteiger partial charge in [0.2, 0.25) is 5.91 Å². The van der Waals surface area contributed by atoms with Gasteiger partial charge in [-0.1, -0.05) is 43.7 Å². The Balaban J connectivity index is 2.59. The summed E-state index contributed by atoms with van der Waals surface area (Å²) < 4.78 is 0. The lowest BCUT2D eigenvalue weighted by atomic mass is 10.1. The molecule has 0 radical (unpaired) electrons. The number of aliphatic carboxylic acids is 1. The SMILES string of the molecule is CCCC/C(=C\C(=O)O)C(=O)NCc1ccccc1. The third-order valence-electron chi connectivity index (χ3n) is 2.68. The summed E-state index contributed by atoms with van der Waals surface area (Å²) in [7, 11) is 0. The number of carboxylic acid groups (broad SMARTS) is 1. The molecule has 0 aliphatic heterocycles. The first kappa shape index (κ1) is 15.0. The van der Waals surface area contributed by atoms with E-state index in [2.05, 4.69) is 5.32 Å². The van der Waals surface area contributed by atoms with Crippen molar-refractivity contribution < 1.29 is 14.7 Å². The Hall–Kier alpha value is -2.10. The zero-order valence-electron chi connectivity index (χ0n) is 11.1. The van der Waals surface area contributed by atoms with Gasteiger partial charge in [0, 0.05) is 18.2 Å². The highest BCUT2D eigenvalue weighted by molar-refractivity contribution is 5.98. The highest BCUT2D eigenvalue weighted by Crippen LogP contribution is 2.08. The molecule has 0 aliphatic carbocycles. The second kappa shape index (κ2) is 8.08. The van der Waals surface area contributed by atoms with Crippen molar-refractivity contribution in [2.45, 2.75) is 32.7 Å². The molecule has 0 aromatic heterocycles. The van der Waals surface area contributed by atoms with Crippen LogP contribution in [0.25, 0.3) is 0 Å². The Morgan fingerprint density at radius 1 is 1.26 bits per heavy atom. The number of carboxylic acids is 1. The molecule has 1 aromatic carbocycles. The van der Waals surface area contributed by atoms with Gasteiger partial charge >= 0.3 is 5.97 Å². The summed E-state index contributed by atoms with van der Waals surface area (Å²) >= 11 is 0. The van der Waals surface area contributed by atoms with Crippen molar-refractivity contribution in [3.8, 4) is 0 Å². The van der Waals surface area contributed by atoms with E-state index in [-0.39, 0.29) is 5.91 Å². The second-order valence-electron chi connectivity index (χ2n) is 4.28. The van der Waals surface area contributed by atoms with Crippen LogP contribution in [0.2, 0.25) is 0 Å². The normalized spacial score (nSPS) is 11.1. The van der Waals surface area contributed by atoms with Crippen LogP contribution in [0.1, 0.15) is 31.7 Å². The minimum absolute atomic E-state index is 0.306. The Morgan fingerprint density at radius 3 is 2.53 bits per heavy atom. The van der Waals surface area contributed by atoms with Crippen molar-refractivity contribution in [2.24, 2.45) is 0 Å². The molecule has 1 aromatic rings. The van der Waals surface area contributed by atoms with E-state index in [1.54, 1.807) is 0 Å². The summed E-state index contributed by atoms with van der Waals surface area (Å²) in [5, 5.41) is 11.5. The van der Waals surface area contributed by atoms with Crippen LogP contribution in [0.4, 0.5) is 0 Å². The van der Waals surface area contributed by atoms with Crippen molar-refractivity contribution in [3.63, 3.8) is 0 Å². The van der Waals surface area contributed by atoms with E-state index in [0.717, 1.165) is 24.5 Å². The van der Waals surface area contributed by atoms with Gasteiger partial charge in [0.05, 0.1) is 0 Å². The van der Waals surface area contributed by atoms with Gasteiger partial charge in [0.15, 0.2) is 0 Å². The first-order valence-corrected chi connectivity index (χ1v) is 6.39. The lowest BCUT2D eigenvalue weighted by Gasteiger charge is -2.08. The summed E-state index contributed by atoms with van der Waals surface area (Å²) in [4.78, 5) is 22.6. The third kappa shape index (κ3) is 5.86. The lowest BCUT2D eigenvalue weighted by Crippen LogP contribution is -2.25. The fraction of sp³-hybridized carbons (Fsp3) is 0.333. The second-order valence-corrected chi connectivity index (χ2v) is 4.28. The third-order valence-corrected chi connectivity index (χ3v) is 2.68. The van der Waals surface area contributed by atoms with Gasteiger partial charge in [-0.2, -0.15) is 0 Å². The number of nitrogens with one attached hydrogen (secondary N) is 1. The van der Waals surface area contributed by atoms with Gasteiger partial charge in [-0.05, 0) is 18.4 Å². The molecule has 4 nitrogen and oxygen atoms in total. The number of rotatable bonds is 7. The van der Waals surface area contributed by atoms with E-state index in [1.807, 2.05) is 37.3 Å². The van der Waals surface area contributed by atoms with Crippen LogP contribution in [-0.4, -0.2) is 17.0 Å². The van der Waals surface area contributed by atoms with E-state index in [4.69, 9.17) is 5.11 Å². The van der Waals surface area contributed by atoms with Crippen LogP contribution in [-0.2, 0) is 16.1 Å². The van der Waals surface area contributed by atoms with Crippen LogP contribution in [0, 0.1) is 0 Å². The number of carbonyl (C=O) groups is 2. The molecule has 0 unspecified atom stereocenters. The first-order valence-electron chi connectivity index (χ1n) is 6.39. The van der Waals surface area contributed by atoms with Crippen LogP contribution in [0.15, 0.2) is 42.0 Å². The van der Waals surface area contributed by atoms with Gasteiger partial charge in [0.25, 0.3) is 0 Å². The van der Waals surface area contributed by atoms with E-state index in [0.29, 0.717) is 18.5 Å². The summed E-state index contributed by atoms with van der Waals surface area (Å²) in [5.41, 5.74) is 1.31. The molecule has 19 heavy (non-hydrogen) atoms. The molecule has 1 rings (SSSR count). The van der Waals surface area contributed by atoms with Gasteiger partial charge in [-0.3, -0.25) is 4.79 Å². The van der Waals surface area contributed by atoms with E-state index in [9.17, 15) is 9.59 Å². The average Bonchev–Trinajstić information content (AvgIpc) is 2.41. The van der Waals surface area contributed by atoms with Crippen molar-refractivity contribution in [1.82, 2.24) is 5.32 Å². The molecule has 0 heterocycles. The first-order chi connectivity index (χ1) is 9.13. The molecule has 2 N–H and O–H groups in total. The Kier molecular flexibility index (Phi) is 6.36. The quantitative estimate of drug-likeness (QED) is 0.741. The Bertz CT molecular complexity index is 452. The van der Waals surface area contributed by atoms with E-state index >= 15 is 0 Å². The fourth-order valence-corrected chi connectivity index (χ4v) is 1.66. The molecule has 1 amide bonds. The molecule has 0 bridgehead atoms. The summed E-state index contributed by atoms with van der Waals surface area (Å²) in [6.45, 7) is 2.41. The molecular weight excluding hydrogens is 242 g/mol. The van der Waals surface area contributed by atoms with Crippen molar-refractivity contribution >= 4 is 11.9 Å². The van der Waals surface area contributed by atoms with Crippen LogP contribution >= 0.6 is 0 Å². The maximum Gasteiger partial charge on any atom is 0.328 e. The lowest BCUT2D eigenvalue weighted by molar-refractivity contribution is -0.132. The largest absolute Gasteiger partial charge is 0.478 e. The minimum atomic E-state index is -1.08. The molecule has 0 saturated heterocycles. The number of hydrogen-bond donors (Lipinski definition) is 2. The smallest absolute Gasteiger partial charge is 0.328 e. The molecule has 0 saturated carbocycles. The highest BCUT2D eigenvalue weighted by Gasteiger charge is 2.10. The number of amides is 1. The van der Waals surface area contributed by atoms with Gasteiger partial charge in [-0.15, -0.1) is 0 Å². The molecule has 4 heteroatoms. The number of hydrogen-bond acceptors (Lipinski definition) is 2. The Morgan fingerprint density at radius 2 is 1.95 bits per heavy atom. The average molecular weight is 261 g/mol. The van der Waals surface area contributed by atoms with E-state index in [1.165, 1.54) is 0 Å². The van der Waals surface area contributed by atoms with Crippen molar-refractivity contribution in [1.29, 1.82) is 0 Å². The molecule has 0 fully saturated rings. The van der Waals surface area contributed by atoms with Crippen LogP contribution in [0.5, 0.6) is 0 Å². The monoisotopic (exact) mass is 261 g/mol. The molecular formula is C15H19NO3. The predicted molar refractivity (Wildman–Crippen MR) is 73.5 cm³/mol. The molecule has 102 valence electrons. The summed E-state index contributed by atoms with van der Waals surface area (Å²) in [6, 6.07) is 9.52. The molecule has 0 atom stereocenters. The fourth-order valence-electron chi connectivity index (χ4n) is 1.66. The maximum absolute atomic E-state index is 11.9. The van der Waals surface area contributed by atoms with Crippen molar-refractivity contribution in [2.75, 3.05) is 0 Å². The number of benzene rings is 1. The van der Waals surface area contributed by atoms with Gasteiger partial charge < -0.3 is 10.4 Å². The zero-order chi connectivity index (χ0) is 14.1. The summed E-state index contributed by atoms with van der Waals surface area (Å²) in [5.74, 6) is -1.39. The van der Waals surface area contributed by atoms with Crippen molar-refractivity contribution in [3.05, 3.63) is 47.5 Å². The Labute approximate surface area is 113 Å². The number of unbranched alkanes of at least 4 members (excludes halogenated alkanes) is 1. The topological polar surface area (TPSA) is 66.4 Å². The molecule has 0 spiro atoms. The van der Waals surface area contributed by atoms with Gasteiger partial charge in [-0.25, -0.2) is 4.79 Å². The predicted octanol–water partition coefficient (Wildman–Crippen LogP) is 2.50. The molecule has 0 aliphatic rings. The summed E-state index contributed by atoms with van der Waals surface area (Å²) in [6.07, 6.45) is 3.21. The number of carbonyl (C=O) groups excluding carboxylic acids is 1. The van der Waals surface area contributed by atoms with Crippen LogP contribution < -0.4 is 5.32 Å². The van der Waals surface area contributed by atoms with Crippen LogP contribution in [0.3, 0.4) is 0 Å². The van der Waals surface area contributed by atoms with Gasteiger partial charge in [0.1, 0.15) is 0 Å². The maximum atomic E-state index is 11.9. The minimum Gasteiger partial charge on any atom is -0.478 e. The standard InChI is InChI=1S/C15H19NO3/c1-2-3-9-13(10-14(17)18)15(19)16-11-12-7-5-4-6-8-12/h4-8,10H,2-3,9,11H2,1H3,(H,16,19)(H,17,18)/b13-10+. The highest BCUT2D eigenvalue weighted by atomic mass is 16.4. The van der Waals surface area contributed by atoms with E-state index < -0.39 is 5.97 Å². The zero-order valence-corrected chi connectivity index (χ0v) is 11.1.